The van der Waals surface area contributed by atoms with E-state index in [2.05, 4.69) is 69.4 Å². The van der Waals surface area contributed by atoms with Gasteiger partial charge in [0.25, 0.3) is 0 Å². The highest BCUT2D eigenvalue weighted by atomic mass is 16.6. The molecule has 0 aliphatic carbocycles. The van der Waals surface area contributed by atoms with Crippen molar-refractivity contribution < 1.29 is 28.6 Å². The van der Waals surface area contributed by atoms with Crippen LogP contribution in [0.15, 0.2) is 48.6 Å². The maximum absolute atomic E-state index is 12.9. The summed E-state index contributed by atoms with van der Waals surface area (Å²) >= 11 is 0. The third kappa shape index (κ3) is 60.2. The zero-order valence-corrected chi connectivity index (χ0v) is 49.6. The molecule has 74 heavy (non-hydrogen) atoms. The summed E-state index contributed by atoms with van der Waals surface area (Å²) in [6, 6.07) is 0. The van der Waals surface area contributed by atoms with Gasteiger partial charge in [-0.25, -0.2) is 0 Å². The molecule has 0 bridgehead atoms. The molecule has 0 amide bonds. The highest BCUT2D eigenvalue weighted by Crippen LogP contribution is 2.18. The van der Waals surface area contributed by atoms with Crippen LogP contribution >= 0.6 is 0 Å². The van der Waals surface area contributed by atoms with E-state index in [1.807, 2.05) is 0 Å². The molecule has 1 unspecified atom stereocenters. The Bertz CT molecular complexity index is 1280. The Balaban J connectivity index is 4.25. The van der Waals surface area contributed by atoms with Crippen LogP contribution in [0.5, 0.6) is 0 Å². The maximum atomic E-state index is 12.9. The Morgan fingerprint density at radius 2 is 0.527 bits per heavy atom. The van der Waals surface area contributed by atoms with E-state index in [-0.39, 0.29) is 31.1 Å². The van der Waals surface area contributed by atoms with Crippen LogP contribution in [-0.4, -0.2) is 37.2 Å². The quantitative estimate of drug-likeness (QED) is 0.0261. The third-order valence-electron chi connectivity index (χ3n) is 14.6. The molecule has 0 radical (unpaired) electrons. The first kappa shape index (κ1) is 71.4. The van der Waals surface area contributed by atoms with Crippen molar-refractivity contribution in [2.45, 2.75) is 354 Å². The molecule has 0 spiro atoms. The van der Waals surface area contributed by atoms with E-state index in [1.165, 1.54) is 225 Å². The van der Waals surface area contributed by atoms with Crippen LogP contribution in [0.3, 0.4) is 0 Å². The Morgan fingerprint density at radius 3 is 0.824 bits per heavy atom. The van der Waals surface area contributed by atoms with Crippen molar-refractivity contribution in [1.82, 2.24) is 0 Å². The largest absolute Gasteiger partial charge is 0.462 e. The normalized spacial score (nSPS) is 12.3. The molecule has 6 nitrogen and oxygen atoms in total. The number of carbonyl (C=O) groups excluding carboxylic acids is 3. The lowest BCUT2D eigenvalue weighted by molar-refractivity contribution is -0.167. The molecule has 0 saturated carbocycles. The molecule has 0 aromatic carbocycles. The maximum Gasteiger partial charge on any atom is 0.306 e. The van der Waals surface area contributed by atoms with Gasteiger partial charge in [-0.3, -0.25) is 14.4 Å². The minimum Gasteiger partial charge on any atom is -0.462 e. The second-order valence-corrected chi connectivity index (χ2v) is 22.0. The lowest BCUT2D eigenvalue weighted by Gasteiger charge is -2.18. The molecule has 0 saturated heterocycles. The van der Waals surface area contributed by atoms with Gasteiger partial charge in [-0.05, 0) is 57.8 Å². The van der Waals surface area contributed by atoms with Gasteiger partial charge >= 0.3 is 17.9 Å². The lowest BCUT2D eigenvalue weighted by atomic mass is 10.0. The Hall–Kier alpha value is -2.63. The first-order valence-electron chi connectivity index (χ1n) is 32.6. The molecular formula is C68H124O6. The van der Waals surface area contributed by atoms with Crippen molar-refractivity contribution in [3.63, 3.8) is 0 Å². The van der Waals surface area contributed by atoms with Crippen LogP contribution < -0.4 is 0 Å². The van der Waals surface area contributed by atoms with Crippen LogP contribution in [0.4, 0.5) is 0 Å². The Labute approximate surface area is 460 Å². The smallest absolute Gasteiger partial charge is 0.306 e. The van der Waals surface area contributed by atoms with Gasteiger partial charge in [0.15, 0.2) is 6.10 Å². The summed E-state index contributed by atoms with van der Waals surface area (Å²) in [5.41, 5.74) is 0. The van der Waals surface area contributed by atoms with E-state index in [9.17, 15) is 14.4 Å². The average molecular weight is 1040 g/mol. The van der Waals surface area contributed by atoms with Crippen molar-refractivity contribution in [3.8, 4) is 0 Å². The minimum atomic E-state index is -0.770. The number of hydrogen-bond donors (Lipinski definition) is 0. The SMILES string of the molecule is CC/C=C\C/C=C\C/C=C\C/C=C\CCCCCCCCCCCCCCC(=O)OCC(COC(=O)CCCCCCCCCCCCCCC)OC(=O)CCCCCCCCCCCCCCCCCCCC. The van der Waals surface area contributed by atoms with Gasteiger partial charge in [0, 0.05) is 19.3 Å². The first-order valence-corrected chi connectivity index (χ1v) is 32.6. The average Bonchev–Trinajstić information content (AvgIpc) is 3.40. The van der Waals surface area contributed by atoms with Crippen molar-refractivity contribution in [2.24, 2.45) is 0 Å². The molecule has 0 aromatic rings. The Morgan fingerprint density at radius 1 is 0.284 bits per heavy atom. The third-order valence-corrected chi connectivity index (χ3v) is 14.6. The molecule has 0 aromatic heterocycles. The van der Waals surface area contributed by atoms with Gasteiger partial charge in [-0.15, -0.1) is 0 Å². The van der Waals surface area contributed by atoms with Gasteiger partial charge in [-0.1, -0.05) is 320 Å². The van der Waals surface area contributed by atoms with Gasteiger partial charge < -0.3 is 14.2 Å². The summed E-state index contributed by atoms with van der Waals surface area (Å²) in [6.45, 7) is 6.59. The number of allylic oxidation sites excluding steroid dienone is 8. The first-order chi connectivity index (χ1) is 36.5. The Kier molecular flexibility index (Phi) is 60.7. The minimum absolute atomic E-state index is 0.0674. The monoisotopic (exact) mass is 1040 g/mol. The summed E-state index contributed by atoms with van der Waals surface area (Å²) in [7, 11) is 0. The predicted molar refractivity (Wildman–Crippen MR) is 321 cm³/mol. The fourth-order valence-corrected chi connectivity index (χ4v) is 9.73. The highest BCUT2D eigenvalue weighted by Gasteiger charge is 2.19. The zero-order valence-electron chi connectivity index (χ0n) is 49.6. The molecule has 0 heterocycles. The molecule has 0 N–H and O–H groups in total. The number of rotatable bonds is 60. The van der Waals surface area contributed by atoms with Gasteiger partial charge in [0.1, 0.15) is 13.2 Å². The van der Waals surface area contributed by atoms with Crippen LogP contribution in [0.25, 0.3) is 0 Å². The van der Waals surface area contributed by atoms with E-state index in [0.29, 0.717) is 19.3 Å². The number of ether oxygens (including phenoxy) is 3. The van der Waals surface area contributed by atoms with Gasteiger partial charge in [-0.2, -0.15) is 0 Å². The van der Waals surface area contributed by atoms with Crippen LogP contribution in [0.2, 0.25) is 0 Å². The van der Waals surface area contributed by atoms with Crippen LogP contribution in [-0.2, 0) is 28.6 Å². The highest BCUT2D eigenvalue weighted by molar-refractivity contribution is 5.71. The second-order valence-electron chi connectivity index (χ2n) is 22.0. The van der Waals surface area contributed by atoms with E-state index in [0.717, 1.165) is 83.5 Å². The number of hydrogen-bond acceptors (Lipinski definition) is 6. The standard InChI is InChI=1S/C68H124O6/c1-4-7-10-13-16-19-22-25-27-29-31-32-33-34-35-36-37-39-40-43-46-49-52-55-58-61-67(70)73-64-65(63-72-66(69)60-57-54-51-48-45-42-24-21-18-15-12-9-6-3)74-68(71)62-59-56-53-50-47-44-41-38-30-28-26-23-20-17-14-11-8-5-2/h7,10,16,19,25,27,31-32,65H,4-6,8-9,11-15,17-18,20-24,26,28-30,33-64H2,1-3H3/b10-7-,19-16-,27-25-,32-31-. The van der Waals surface area contributed by atoms with E-state index < -0.39 is 6.10 Å². The number of carbonyl (C=O) groups is 3. The summed E-state index contributed by atoms with van der Waals surface area (Å²) < 4.78 is 17.0. The fraction of sp³-hybridized carbons (Fsp3) is 0.838. The summed E-state index contributed by atoms with van der Waals surface area (Å²) in [5.74, 6) is -0.844. The molecule has 432 valence electrons. The number of unbranched alkanes of at least 4 members (excludes halogenated alkanes) is 41. The van der Waals surface area contributed by atoms with Crippen molar-refractivity contribution in [2.75, 3.05) is 13.2 Å². The van der Waals surface area contributed by atoms with E-state index in [1.54, 1.807) is 0 Å². The molecule has 0 aliphatic rings. The lowest BCUT2D eigenvalue weighted by Crippen LogP contribution is -2.30. The van der Waals surface area contributed by atoms with Crippen LogP contribution in [0, 0.1) is 0 Å². The fourth-order valence-electron chi connectivity index (χ4n) is 9.73. The summed E-state index contributed by atoms with van der Waals surface area (Å²) in [6.07, 6.45) is 78.3. The molecule has 6 heteroatoms. The topological polar surface area (TPSA) is 78.9 Å². The van der Waals surface area contributed by atoms with Crippen molar-refractivity contribution in [3.05, 3.63) is 48.6 Å². The van der Waals surface area contributed by atoms with E-state index >= 15 is 0 Å². The molecule has 1 atom stereocenters. The van der Waals surface area contributed by atoms with Gasteiger partial charge in [0.05, 0.1) is 0 Å². The summed E-state index contributed by atoms with van der Waals surface area (Å²) in [5, 5.41) is 0. The molecule has 0 fully saturated rings. The van der Waals surface area contributed by atoms with Crippen LogP contribution in [0.1, 0.15) is 348 Å². The summed E-state index contributed by atoms with van der Waals surface area (Å²) in [4.78, 5) is 38.3. The van der Waals surface area contributed by atoms with Crippen molar-refractivity contribution in [1.29, 1.82) is 0 Å². The number of esters is 3. The molecule has 0 aliphatic heterocycles. The van der Waals surface area contributed by atoms with Crippen molar-refractivity contribution >= 4 is 17.9 Å². The molecular weight excluding hydrogens is 913 g/mol. The van der Waals surface area contributed by atoms with Gasteiger partial charge in [0.2, 0.25) is 0 Å². The zero-order chi connectivity index (χ0) is 53.6. The second kappa shape index (κ2) is 62.9. The molecule has 0 rings (SSSR count). The predicted octanol–water partition coefficient (Wildman–Crippen LogP) is 22.2. The van der Waals surface area contributed by atoms with E-state index in [4.69, 9.17) is 14.2 Å².